The largest absolute Gasteiger partial charge is 0.393 e. The monoisotopic (exact) mass is 245 g/mol. The average molecular weight is 245 g/mol. The Labute approximate surface area is 105 Å². The van der Waals surface area contributed by atoms with Crippen LogP contribution in [0.3, 0.4) is 0 Å². The molecule has 0 saturated heterocycles. The topological polar surface area (TPSA) is 75.1 Å². The zero-order valence-electron chi connectivity index (χ0n) is 10.1. The van der Waals surface area contributed by atoms with Crippen LogP contribution in [0.2, 0.25) is 0 Å². The van der Waals surface area contributed by atoms with Crippen LogP contribution in [0.1, 0.15) is 19.8 Å². The summed E-state index contributed by atoms with van der Waals surface area (Å²) < 4.78 is 0. The van der Waals surface area contributed by atoms with E-state index in [1.165, 1.54) is 0 Å². The molecule has 0 saturated carbocycles. The maximum Gasteiger partial charge on any atom is 0.224 e. The first-order chi connectivity index (χ1) is 8.65. The molecule has 0 bridgehead atoms. The van der Waals surface area contributed by atoms with Gasteiger partial charge < -0.3 is 10.4 Å². The van der Waals surface area contributed by atoms with E-state index in [2.05, 4.69) is 15.3 Å². The van der Waals surface area contributed by atoms with E-state index >= 15 is 0 Å². The van der Waals surface area contributed by atoms with Crippen LogP contribution in [0, 0.1) is 0 Å². The van der Waals surface area contributed by atoms with Crippen molar-refractivity contribution in [2.45, 2.75) is 25.9 Å². The number of carbonyl (C=O) groups is 1. The number of nitrogens with one attached hydrogen (secondary N) is 1. The van der Waals surface area contributed by atoms with Crippen molar-refractivity contribution < 1.29 is 9.90 Å². The molecule has 18 heavy (non-hydrogen) atoms. The highest BCUT2D eigenvalue weighted by molar-refractivity contribution is 5.92. The van der Waals surface area contributed by atoms with Crippen molar-refractivity contribution in [1.29, 1.82) is 0 Å². The summed E-state index contributed by atoms with van der Waals surface area (Å²) in [5.74, 6) is -0.112. The van der Waals surface area contributed by atoms with Gasteiger partial charge in [-0.15, -0.1) is 0 Å². The van der Waals surface area contributed by atoms with E-state index in [1.807, 2.05) is 6.07 Å². The Bertz CT molecular complexity index is 555. The number of hydrogen-bond acceptors (Lipinski definition) is 4. The average Bonchev–Trinajstić information content (AvgIpc) is 2.36. The van der Waals surface area contributed by atoms with Gasteiger partial charge in [-0.1, -0.05) is 0 Å². The molecule has 2 rings (SSSR count). The first-order valence-electron chi connectivity index (χ1n) is 5.84. The molecule has 0 aliphatic rings. The lowest BCUT2D eigenvalue weighted by molar-refractivity contribution is -0.116. The van der Waals surface area contributed by atoms with E-state index in [4.69, 9.17) is 5.11 Å². The van der Waals surface area contributed by atoms with Gasteiger partial charge in [0.1, 0.15) is 0 Å². The van der Waals surface area contributed by atoms with E-state index in [1.54, 1.807) is 31.5 Å². The number of fused-ring (bicyclic) bond motifs is 1. The van der Waals surface area contributed by atoms with E-state index in [0.29, 0.717) is 18.5 Å². The van der Waals surface area contributed by atoms with Crippen LogP contribution < -0.4 is 5.32 Å². The lowest BCUT2D eigenvalue weighted by atomic mass is 10.2. The first-order valence-corrected chi connectivity index (χ1v) is 5.84. The molecule has 0 spiro atoms. The van der Waals surface area contributed by atoms with Gasteiger partial charge in [-0.25, -0.2) is 0 Å². The second-order valence-electron chi connectivity index (χ2n) is 4.20. The highest BCUT2D eigenvalue weighted by Crippen LogP contribution is 2.15. The molecule has 5 heteroatoms. The van der Waals surface area contributed by atoms with Gasteiger partial charge in [0.15, 0.2) is 0 Å². The summed E-state index contributed by atoms with van der Waals surface area (Å²) >= 11 is 0. The predicted molar refractivity (Wildman–Crippen MR) is 69.1 cm³/mol. The second kappa shape index (κ2) is 5.55. The lowest BCUT2D eigenvalue weighted by Gasteiger charge is -2.07. The summed E-state index contributed by atoms with van der Waals surface area (Å²) in [5, 5.41) is 11.9. The Morgan fingerprint density at radius 1 is 1.33 bits per heavy atom. The SMILES string of the molecule is CC(O)CCC(=O)Nc1ccc2nccnc2c1. The molecule has 2 aromatic rings. The number of aliphatic hydroxyl groups excluding tert-OH is 1. The molecular weight excluding hydrogens is 230 g/mol. The van der Waals surface area contributed by atoms with Gasteiger partial charge in [0, 0.05) is 24.5 Å². The summed E-state index contributed by atoms with van der Waals surface area (Å²) in [4.78, 5) is 19.9. The third-order valence-corrected chi connectivity index (χ3v) is 2.54. The quantitative estimate of drug-likeness (QED) is 0.860. The lowest BCUT2D eigenvalue weighted by Crippen LogP contribution is -2.14. The Balaban J connectivity index is 2.05. The summed E-state index contributed by atoms with van der Waals surface area (Å²) in [5.41, 5.74) is 2.23. The predicted octanol–water partition coefficient (Wildman–Crippen LogP) is 1.73. The molecule has 0 fully saturated rings. The molecule has 0 radical (unpaired) electrons. The van der Waals surface area contributed by atoms with Crippen molar-refractivity contribution in [3.8, 4) is 0 Å². The van der Waals surface area contributed by atoms with Gasteiger partial charge in [0.05, 0.1) is 17.1 Å². The third kappa shape index (κ3) is 3.24. The number of aliphatic hydroxyl groups is 1. The van der Waals surface area contributed by atoms with Crippen LogP contribution in [-0.4, -0.2) is 27.1 Å². The van der Waals surface area contributed by atoms with Crippen molar-refractivity contribution in [1.82, 2.24) is 9.97 Å². The minimum absolute atomic E-state index is 0.112. The van der Waals surface area contributed by atoms with Gasteiger partial charge in [-0.05, 0) is 31.5 Å². The number of rotatable bonds is 4. The number of aromatic nitrogens is 2. The minimum atomic E-state index is -0.460. The van der Waals surface area contributed by atoms with Crippen LogP contribution >= 0.6 is 0 Å². The number of amides is 1. The summed E-state index contributed by atoms with van der Waals surface area (Å²) in [6, 6.07) is 5.38. The zero-order chi connectivity index (χ0) is 13.0. The Hall–Kier alpha value is -2.01. The van der Waals surface area contributed by atoms with E-state index in [0.717, 1.165) is 11.0 Å². The fourth-order valence-corrected chi connectivity index (χ4v) is 1.60. The molecule has 0 aliphatic carbocycles. The Morgan fingerprint density at radius 3 is 2.78 bits per heavy atom. The molecule has 1 aromatic heterocycles. The van der Waals surface area contributed by atoms with Crippen LogP contribution in [0.4, 0.5) is 5.69 Å². The number of anilines is 1. The smallest absolute Gasteiger partial charge is 0.224 e. The van der Waals surface area contributed by atoms with Crippen LogP contribution in [0.5, 0.6) is 0 Å². The van der Waals surface area contributed by atoms with Crippen LogP contribution in [0.25, 0.3) is 11.0 Å². The number of benzene rings is 1. The second-order valence-corrected chi connectivity index (χ2v) is 4.20. The fraction of sp³-hybridized carbons (Fsp3) is 0.308. The highest BCUT2D eigenvalue weighted by atomic mass is 16.3. The summed E-state index contributed by atoms with van der Waals surface area (Å²) in [6.07, 6.45) is 3.54. The number of carbonyl (C=O) groups excluding carboxylic acids is 1. The molecule has 0 aliphatic heterocycles. The van der Waals surface area contributed by atoms with Gasteiger partial charge in [0.25, 0.3) is 0 Å². The summed E-state index contributed by atoms with van der Waals surface area (Å²) in [7, 11) is 0. The summed E-state index contributed by atoms with van der Waals surface area (Å²) in [6.45, 7) is 1.67. The van der Waals surface area contributed by atoms with Gasteiger partial charge in [0.2, 0.25) is 5.91 Å². The molecule has 2 N–H and O–H groups in total. The molecule has 5 nitrogen and oxygen atoms in total. The van der Waals surface area contributed by atoms with E-state index in [9.17, 15) is 4.79 Å². The van der Waals surface area contributed by atoms with Gasteiger partial charge in [-0.2, -0.15) is 0 Å². The maximum atomic E-state index is 11.6. The zero-order valence-corrected chi connectivity index (χ0v) is 10.1. The normalized spacial score (nSPS) is 12.3. The van der Waals surface area contributed by atoms with Gasteiger partial charge in [-0.3, -0.25) is 14.8 Å². The molecule has 1 aromatic carbocycles. The van der Waals surface area contributed by atoms with Crippen molar-refractivity contribution in [3.05, 3.63) is 30.6 Å². The molecular formula is C13H15N3O2. The minimum Gasteiger partial charge on any atom is -0.393 e. The molecule has 1 atom stereocenters. The standard InChI is InChI=1S/C13H15N3O2/c1-9(17)2-5-13(18)16-10-3-4-11-12(8-10)15-7-6-14-11/h3-4,6-9,17H,2,5H2,1H3,(H,16,18). The van der Waals surface area contributed by atoms with Crippen molar-refractivity contribution in [3.63, 3.8) is 0 Å². The third-order valence-electron chi connectivity index (χ3n) is 2.54. The van der Waals surface area contributed by atoms with Crippen molar-refractivity contribution in [2.75, 3.05) is 5.32 Å². The molecule has 1 unspecified atom stereocenters. The highest BCUT2D eigenvalue weighted by Gasteiger charge is 2.05. The molecule has 1 heterocycles. The van der Waals surface area contributed by atoms with Crippen molar-refractivity contribution >= 4 is 22.6 Å². The molecule has 94 valence electrons. The van der Waals surface area contributed by atoms with Crippen LogP contribution in [0.15, 0.2) is 30.6 Å². The maximum absolute atomic E-state index is 11.6. The Morgan fingerprint density at radius 2 is 2.06 bits per heavy atom. The number of nitrogens with zero attached hydrogens (tertiary/aromatic N) is 2. The van der Waals surface area contributed by atoms with Crippen molar-refractivity contribution in [2.24, 2.45) is 0 Å². The Kier molecular flexibility index (Phi) is 3.84. The fourth-order valence-electron chi connectivity index (χ4n) is 1.60. The first kappa shape index (κ1) is 12.4. The van der Waals surface area contributed by atoms with E-state index < -0.39 is 6.10 Å². The molecule has 1 amide bonds. The van der Waals surface area contributed by atoms with E-state index in [-0.39, 0.29) is 5.91 Å². The van der Waals surface area contributed by atoms with Crippen LogP contribution in [-0.2, 0) is 4.79 Å². The van der Waals surface area contributed by atoms with Gasteiger partial charge >= 0.3 is 0 Å². The number of hydrogen-bond donors (Lipinski definition) is 2.